The molecule has 0 aromatic heterocycles. The standard InChI is InChI=1S/C20H20O6/c21-8-15-14(5-12-1-3-16-18(6-12)25-10-23-16)9-22-20(15)13-2-4-17-19(7-13)26-11-24-17/h1-4,6-7,14-15,20-21H,5,8-11H2/t14-,15-,20+/m1/s1. The lowest BCUT2D eigenvalue weighted by Gasteiger charge is -2.21. The molecule has 3 heterocycles. The SMILES string of the molecule is OC[C@@H]1[C@H](Cc2ccc3c(c2)OCO3)CO[C@H]1c1ccc2c(c1)OCO2. The van der Waals surface area contributed by atoms with Gasteiger partial charge in [0, 0.05) is 12.5 Å². The maximum absolute atomic E-state index is 10.0. The van der Waals surface area contributed by atoms with Gasteiger partial charge in [-0.3, -0.25) is 0 Å². The molecule has 1 fully saturated rings. The normalized spacial score (nSPS) is 25.7. The Balaban J connectivity index is 1.35. The highest BCUT2D eigenvalue weighted by molar-refractivity contribution is 5.46. The third-order valence-corrected chi connectivity index (χ3v) is 5.36. The van der Waals surface area contributed by atoms with E-state index in [1.54, 1.807) is 0 Å². The Bertz CT molecular complexity index is 820. The number of ether oxygens (including phenoxy) is 5. The van der Waals surface area contributed by atoms with E-state index in [4.69, 9.17) is 23.7 Å². The molecule has 0 saturated carbocycles. The molecule has 0 amide bonds. The van der Waals surface area contributed by atoms with Crippen molar-refractivity contribution < 1.29 is 28.8 Å². The van der Waals surface area contributed by atoms with Crippen LogP contribution in [-0.2, 0) is 11.2 Å². The fraction of sp³-hybridized carbons (Fsp3) is 0.400. The van der Waals surface area contributed by atoms with Gasteiger partial charge in [0.1, 0.15) is 0 Å². The van der Waals surface area contributed by atoms with Gasteiger partial charge in [-0.2, -0.15) is 0 Å². The van der Waals surface area contributed by atoms with Gasteiger partial charge in [0.05, 0.1) is 12.7 Å². The fourth-order valence-corrected chi connectivity index (χ4v) is 3.98. The first kappa shape index (κ1) is 15.8. The molecule has 0 bridgehead atoms. The Labute approximate surface area is 151 Å². The van der Waals surface area contributed by atoms with E-state index in [1.165, 1.54) is 0 Å². The van der Waals surface area contributed by atoms with E-state index in [0.717, 1.165) is 40.5 Å². The number of benzene rings is 2. The number of rotatable bonds is 4. The molecule has 0 aliphatic carbocycles. The van der Waals surface area contributed by atoms with Crippen LogP contribution in [0.25, 0.3) is 0 Å². The second-order valence-electron chi connectivity index (χ2n) is 6.86. The summed E-state index contributed by atoms with van der Waals surface area (Å²) in [5, 5.41) is 10.0. The molecule has 0 spiro atoms. The molecule has 3 aliphatic rings. The smallest absolute Gasteiger partial charge is 0.231 e. The summed E-state index contributed by atoms with van der Waals surface area (Å²) >= 11 is 0. The van der Waals surface area contributed by atoms with E-state index >= 15 is 0 Å². The van der Waals surface area contributed by atoms with Gasteiger partial charge >= 0.3 is 0 Å². The number of aliphatic hydroxyl groups excluding tert-OH is 1. The van der Waals surface area contributed by atoms with Crippen LogP contribution in [0.1, 0.15) is 17.2 Å². The van der Waals surface area contributed by atoms with Crippen LogP contribution in [0.3, 0.4) is 0 Å². The molecule has 2 aromatic carbocycles. The molecule has 1 N–H and O–H groups in total. The monoisotopic (exact) mass is 356 g/mol. The van der Waals surface area contributed by atoms with Crippen molar-refractivity contribution >= 4 is 0 Å². The molecule has 136 valence electrons. The molecule has 3 aliphatic heterocycles. The van der Waals surface area contributed by atoms with Gasteiger partial charge in [0.25, 0.3) is 0 Å². The number of hydrogen-bond donors (Lipinski definition) is 1. The minimum absolute atomic E-state index is 0.0285. The summed E-state index contributed by atoms with van der Waals surface area (Å²) in [7, 11) is 0. The summed E-state index contributed by atoms with van der Waals surface area (Å²) in [6.07, 6.45) is 0.677. The lowest BCUT2D eigenvalue weighted by Crippen LogP contribution is -2.21. The lowest BCUT2D eigenvalue weighted by atomic mass is 9.84. The highest BCUT2D eigenvalue weighted by atomic mass is 16.7. The highest BCUT2D eigenvalue weighted by Crippen LogP contribution is 2.43. The summed E-state index contributed by atoms with van der Waals surface area (Å²) < 4.78 is 27.7. The van der Waals surface area contributed by atoms with Crippen LogP contribution in [-0.4, -0.2) is 31.9 Å². The van der Waals surface area contributed by atoms with Gasteiger partial charge < -0.3 is 28.8 Å². The van der Waals surface area contributed by atoms with Crippen molar-refractivity contribution in [1.82, 2.24) is 0 Å². The van der Waals surface area contributed by atoms with Gasteiger partial charge in [-0.1, -0.05) is 12.1 Å². The number of fused-ring (bicyclic) bond motifs is 2. The minimum atomic E-state index is -0.145. The Morgan fingerprint density at radius 2 is 1.54 bits per heavy atom. The average Bonchev–Trinajstić information content (AvgIpc) is 3.39. The maximum atomic E-state index is 10.0. The van der Waals surface area contributed by atoms with Crippen molar-refractivity contribution in [3.8, 4) is 23.0 Å². The van der Waals surface area contributed by atoms with Gasteiger partial charge in [-0.15, -0.1) is 0 Å². The summed E-state index contributed by atoms with van der Waals surface area (Å²) in [5.41, 5.74) is 2.18. The zero-order valence-corrected chi connectivity index (χ0v) is 14.2. The Hall–Kier alpha value is -2.44. The van der Waals surface area contributed by atoms with E-state index in [1.807, 2.05) is 30.3 Å². The van der Waals surface area contributed by atoms with Crippen LogP contribution < -0.4 is 18.9 Å². The van der Waals surface area contributed by atoms with Crippen molar-refractivity contribution in [2.24, 2.45) is 11.8 Å². The molecule has 1 saturated heterocycles. The van der Waals surface area contributed by atoms with Crippen LogP contribution in [0.5, 0.6) is 23.0 Å². The van der Waals surface area contributed by atoms with Gasteiger partial charge in [-0.25, -0.2) is 0 Å². The maximum Gasteiger partial charge on any atom is 0.231 e. The summed E-state index contributed by atoms with van der Waals surface area (Å²) in [6, 6.07) is 11.9. The van der Waals surface area contributed by atoms with Gasteiger partial charge in [0.15, 0.2) is 23.0 Å². The van der Waals surface area contributed by atoms with Crippen LogP contribution in [0.4, 0.5) is 0 Å². The summed E-state index contributed by atoms with van der Waals surface area (Å²) in [4.78, 5) is 0. The van der Waals surface area contributed by atoms with E-state index in [9.17, 15) is 5.11 Å². The number of hydrogen-bond acceptors (Lipinski definition) is 6. The van der Waals surface area contributed by atoms with Crippen LogP contribution in [0.15, 0.2) is 36.4 Å². The predicted octanol–water partition coefficient (Wildman–Crippen LogP) is 2.68. The second-order valence-corrected chi connectivity index (χ2v) is 6.86. The van der Waals surface area contributed by atoms with Crippen molar-refractivity contribution in [2.45, 2.75) is 12.5 Å². The molecule has 0 radical (unpaired) electrons. The largest absolute Gasteiger partial charge is 0.454 e. The van der Waals surface area contributed by atoms with Crippen molar-refractivity contribution in [2.75, 3.05) is 26.8 Å². The first-order chi connectivity index (χ1) is 12.8. The topological polar surface area (TPSA) is 66.4 Å². The zero-order chi connectivity index (χ0) is 17.5. The number of aliphatic hydroxyl groups is 1. The first-order valence-corrected chi connectivity index (χ1v) is 8.82. The average molecular weight is 356 g/mol. The van der Waals surface area contributed by atoms with E-state index in [2.05, 4.69) is 6.07 Å². The second kappa shape index (κ2) is 6.37. The fourth-order valence-electron chi connectivity index (χ4n) is 3.98. The Morgan fingerprint density at radius 3 is 2.31 bits per heavy atom. The highest BCUT2D eigenvalue weighted by Gasteiger charge is 2.38. The quantitative estimate of drug-likeness (QED) is 0.909. The van der Waals surface area contributed by atoms with Gasteiger partial charge in [-0.05, 0) is 47.7 Å². The van der Waals surface area contributed by atoms with Crippen molar-refractivity contribution in [1.29, 1.82) is 0 Å². The molecule has 6 nitrogen and oxygen atoms in total. The molecule has 0 unspecified atom stereocenters. The summed E-state index contributed by atoms with van der Waals surface area (Å²) in [6.45, 7) is 1.21. The minimum Gasteiger partial charge on any atom is -0.454 e. The summed E-state index contributed by atoms with van der Waals surface area (Å²) in [5.74, 6) is 3.32. The third-order valence-electron chi connectivity index (χ3n) is 5.36. The van der Waals surface area contributed by atoms with Crippen LogP contribution >= 0.6 is 0 Å². The van der Waals surface area contributed by atoms with Crippen LogP contribution in [0, 0.1) is 11.8 Å². The zero-order valence-electron chi connectivity index (χ0n) is 14.2. The van der Waals surface area contributed by atoms with Gasteiger partial charge in [0.2, 0.25) is 13.6 Å². The van der Waals surface area contributed by atoms with Crippen molar-refractivity contribution in [3.63, 3.8) is 0 Å². The first-order valence-electron chi connectivity index (χ1n) is 8.82. The lowest BCUT2D eigenvalue weighted by molar-refractivity contribution is 0.0717. The van der Waals surface area contributed by atoms with Crippen molar-refractivity contribution in [3.05, 3.63) is 47.5 Å². The molecule has 5 rings (SSSR count). The van der Waals surface area contributed by atoms with E-state index in [0.29, 0.717) is 6.61 Å². The molecule has 6 heteroatoms. The van der Waals surface area contributed by atoms with Crippen LogP contribution in [0.2, 0.25) is 0 Å². The third kappa shape index (κ3) is 2.66. The van der Waals surface area contributed by atoms with E-state index in [-0.39, 0.29) is 38.1 Å². The molecular weight excluding hydrogens is 336 g/mol. The predicted molar refractivity (Wildman–Crippen MR) is 91.6 cm³/mol. The molecule has 3 atom stereocenters. The molecule has 26 heavy (non-hydrogen) atoms. The Morgan fingerprint density at radius 1 is 0.846 bits per heavy atom. The Kier molecular flexibility index (Phi) is 3.87. The van der Waals surface area contributed by atoms with E-state index < -0.39 is 0 Å². The molecular formula is C20H20O6. The molecule has 2 aromatic rings.